The van der Waals surface area contributed by atoms with Gasteiger partial charge in [0, 0.05) is 6.61 Å². The van der Waals surface area contributed by atoms with Crippen molar-refractivity contribution < 1.29 is 9.90 Å². The number of nitrogens with two attached hydrogens (primary N) is 2. The topological polar surface area (TPSA) is 89.3 Å². The molecule has 0 spiro atoms. The number of rotatable bonds is 14. The molecule has 0 saturated carbocycles. The summed E-state index contributed by atoms with van der Waals surface area (Å²) in [5, 5.41) is 8.64. The first-order chi connectivity index (χ1) is 10.1. The number of primary amides is 2. The zero-order valence-electron chi connectivity index (χ0n) is 14.1. The molecule has 0 fully saturated rings. The van der Waals surface area contributed by atoms with Crippen molar-refractivity contribution in [3.8, 4) is 0 Å². The molecule has 0 atom stereocenters. The highest BCUT2D eigenvalue weighted by molar-refractivity contribution is 5.69. The van der Waals surface area contributed by atoms with Crippen LogP contribution in [-0.4, -0.2) is 17.7 Å². The third kappa shape index (κ3) is 32.6. The predicted molar refractivity (Wildman–Crippen MR) is 91.2 cm³/mol. The van der Waals surface area contributed by atoms with Crippen LogP contribution in [0.5, 0.6) is 0 Å². The van der Waals surface area contributed by atoms with Crippen molar-refractivity contribution in [2.45, 2.75) is 96.8 Å². The van der Waals surface area contributed by atoms with E-state index in [1.807, 2.05) is 0 Å². The second kappa shape index (κ2) is 21.5. The lowest BCUT2D eigenvalue weighted by molar-refractivity contribution is 0.256. The Bertz CT molecular complexity index is 181. The summed E-state index contributed by atoms with van der Waals surface area (Å²) in [5.74, 6) is 0. The average Bonchev–Trinajstić information content (AvgIpc) is 2.43. The Morgan fingerprint density at radius 2 is 0.905 bits per heavy atom. The summed E-state index contributed by atoms with van der Waals surface area (Å²) in [5.41, 5.74) is 8.50. The maximum atomic E-state index is 9.00. The first-order valence-electron chi connectivity index (χ1n) is 8.80. The van der Waals surface area contributed by atoms with Crippen LogP contribution in [0.2, 0.25) is 0 Å². The summed E-state index contributed by atoms with van der Waals surface area (Å²) in [6.45, 7) is 2.65. The van der Waals surface area contributed by atoms with E-state index >= 15 is 0 Å². The van der Waals surface area contributed by atoms with Gasteiger partial charge in [0.1, 0.15) is 0 Å². The first-order valence-corrected chi connectivity index (χ1v) is 8.80. The van der Waals surface area contributed by atoms with E-state index in [4.69, 9.17) is 9.90 Å². The van der Waals surface area contributed by atoms with Crippen LogP contribution in [-0.2, 0) is 0 Å². The fourth-order valence-electron chi connectivity index (χ4n) is 2.31. The number of amides is 2. The van der Waals surface area contributed by atoms with Crippen LogP contribution < -0.4 is 11.5 Å². The van der Waals surface area contributed by atoms with Crippen LogP contribution in [0, 0.1) is 0 Å². The molecule has 0 aliphatic heterocycles. The number of urea groups is 1. The zero-order valence-corrected chi connectivity index (χ0v) is 14.1. The quantitative estimate of drug-likeness (QED) is 0.413. The standard InChI is InChI=1S/C16H34O.CH4N2O/c1-2-3-4-5-6-7-8-9-10-11-12-13-14-15-16-17;2-1(3)4/h17H,2-16H2,1H3;(H4,2,3,4). The Morgan fingerprint density at radius 3 is 1.14 bits per heavy atom. The van der Waals surface area contributed by atoms with Crippen molar-refractivity contribution in [3.05, 3.63) is 0 Å². The SMILES string of the molecule is CCCCCCCCCCCCCCCCO.NC(N)=O. The Kier molecular flexibility index (Phi) is 23.1. The first kappa shape index (κ1) is 22.5. The highest BCUT2D eigenvalue weighted by atomic mass is 16.2. The third-order valence-corrected chi connectivity index (χ3v) is 3.51. The van der Waals surface area contributed by atoms with Crippen LogP contribution in [0.3, 0.4) is 0 Å². The lowest BCUT2D eigenvalue weighted by Crippen LogP contribution is -2.18. The second-order valence-electron chi connectivity index (χ2n) is 5.72. The van der Waals surface area contributed by atoms with Crippen molar-refractivity contribution in [2.24, 2.45) is 11.5 Å². The molecule has 4 heteroatoms. The van der Waals surface area contributed by atoms with Crippen molar-refractivity contribution in [1.29, 1.82) is 0 Å². The number of carbonyl (C=O) groups is 1. The largest absolute Gasteiger partial charge is 0.396 e. The van der Waals surface area contributed by atoms with Crippen molar-refractivity contribution in [2.75, 3.05) is 6.61 Å². The van der Waals surface area contributed by atoms with Gasteiger partial charge in [-0.25, -0.2) is 4.79 Å². The van der Waals surface area contributed by atoms with Gasteiger partial charge in [-0.1, -0.05) is 90.4 Å². The van der Waals surface area contributed by atoms with Crippen molar-refractivity contribution >= 4 is 6.03 Å². The Balaban J connectivity index is 0. The normalized spacial score (nSPS) is 10.0. The molecule has 128 valence electrons. The molecule has 0 radical (unpaired) electrons. The maximum absolute atomic E-state index is 9.00. The third-order valence-electron chi connectivity index (χ3n) is 3.51. The van der Waals surface area contributed by atoms with Crippen molar-refractivity contribution in [1.82, 2.24) is 0 Å². The molecule has 0 heterocycles. The van der Waals surface area contributed by atoms with Gasteiger partial charge in [-0.3, -0.25) is 0 Å². The summed E-state index contributed by atoms with van der Waals surface area (Å²) < 4.78 is 0. The van der Waals surface area contributed by atoms with E-state index < -0.39 is 6.03 Å². The molecule has 4 nitrogen and oxygen atoms in total. The zero-order chi connectivity index (χ0) is 16.2. The lowest BCUT2D eigenvalue weighted by Gasteiger charge is -2.02. The monoisotopic (exact) mass is 302 g/mol. The highest BCUT2D eigenvalue weighted by Gasteiger charge is 1.93. The van der Waals surface area contributed by atoms with E-state index in [9.17, 15) is 0 Å². The van der Waals surface area contributed by atoms with Gasteiger partial charge in [-0.2, -0.15) is 0 Å². The molecule has 0 aromatic rings. The molecule has 0 aliphatic rings. The van der Waals surface area contributed by atoms with Gasteiger partial charge in [-0.05, 0) is 6.42 Å². The smallest absolute Gasteiger partial charge is 0.309 e. The van der Waals surface area contributed by atoms with Crippen LogP contribution >= 0.6 is 0 Å². The van der Waals surface area contributed by atoms with Gasteiger partial charge in [0.25, 0.3) is 0 Å². The van der Waals surface area contributed by atoms with Crippen molar-refractivity contribution in [3.63, 3.8) is 0 Å². The van der Waals surface area contributed by atoms with Gasteiger partial charge in [0.15, 0.2) is 0 Å². The van der Waals surface area contributed by atoms with Crippen LogP contribution in [0.15, 0.2) is 0 Å². The Morgan fingerprint density at radius 1 is 0.667 bits per heavy atom. The highest BCUT2D eigenvalue weighted by Crippen LogP contribution is 2.12. The number of carbonyl (C=O) groups excluding carboxylic acids is 1. The molecule has 2 amide bonds. The van der Waals surface area contributed by atoms with Crippen LogP contribution in [0.4, 0.5) is 4.79 Å². The average molecular weight is 303 g/mol. The minimum absolute atomic E-state index is 0.373. The summed E-state index contributed by atoms with van der Waals surface area (Å²) >= 11 is 0. The van der Waals surface area contributed by atoms with Gasteiger partial charge < -0.3 is 16.6 Å². The maximum Gasteiger partial charge on any atom is 0.309 e. The van der Waals surface area contributed by atoms with E-state index in [1.54, 1.807) is 0 Å². The number of unbranched alkanes of at least 4 members (excludes halogenated alkanes) is 13. The molecular weight excluding hydrogens is 264 g/mol. The number of aliphatic hydroxyl groups excluding tert-OH is 1. The van der Waals surface area contributed by atoms with E-state index in [0.29, 0.717) is 6.61 Å². The summed E-state index contributed by atoms with van der Waals surface area (Å²) in [6.07, 6.45) is 19.2. The molecule has 0 saturated heterocycles. The van der Waals surface area contributed by atoms with E-state index in [0.717, 1.165) is 6.42 Å². The molecule has 0 aromatic heterocycles. The molecule has 0 bridgehead atoms. The van der Waals surface area contributed by atoms with E-state index in [2.05, 4.69) is 18.4 Å². The molecule has 0 unspecified atom stereocenters. The minimum Gasteiger partial charge on any atom is -0.396 e. The summed E-state index contributed by atoms with van der Waals surface area (Å²) in [4.78, 5) is 9.00. The summed E-state index contributed by atoms with van der Waals surface area (Å²) in [7, 11) is 0. The number of aliphatic hydroxyl groups is 1. The number of hydrogen-bond acceptors (Lipinski definition) is 2. The Labute approximate surface area is 131 Å². The molecule has 21 heavy (non-hydrogen) atoms. The van der Waals surface area contributed by atoms with Crippen LogP contribution in [0.1, 0.15) is 96.8 Å². The van der Waals surface area contributed by atoms with Gasteiger partial charge in [0.05, 0.1) is 0 Å². The summed E-state index contributed by atoms with van der Waals surface area (Å²) in [6, 6.07) is -0.833. The lowest BCUT2D eigenvalue weighted by atomic mass is 10.0. The molecule has 0 aliphatic carbocycles. The minimum atomic E-state index is -0.833. The fourth-order valence-corrected chi connectivity index (χ4v) is 2.31. The molecule has 0 rings (SSSR count). The predicted octanol–water partition coefficient (Wildman–Crippen LogP) is 4.48. The van der Waals surface area contributed by atoms with E-state index in [1.165, 1.54) is 83.5 Å². The number of hydrogen-bond donors (Lipinski definition) is 3. The molecular formula is C17H38N2O2. The van der Waals surface area contributed by atoms with Crippen LogP contribution in [0.25, 0.3) is 0 Å². The fraction of sp³-hybridized carbons (Fsp3) is 0.941. The van der Waals surface area contributed by atoms with E-state index in [-0.39, 0.29) is 0 Å². The van der Waals surface area contributed by atoms with Gasteiger partial charge in [0.2, 0.25) is 0 Å². The molecule has 5 N–H and O–H groups in total. The van der Waals surface area contributed by atoms with Gasteiger partial charge in [-0.15, -0.1) is 0 Å². The van der Waals surface area contributed by atoms with Gasteiger partial charge >= 0.3 is 6.03 Å². The second-order valence-corrected chi connectivity index (χ2v) is 5.72. The Hall–Kier alpha value is -0.770. The molecule has 0 aromatic carbocycles.